The molecule has 4 aromatic rings. The Labute approximate surface area is 197 Å². The number of rotatable bonds is 10. The van der Waals surface area contributed by atoms with Crippen LogP contribution >= 0.6 is 23.2 Å². The van der Waals surface area contributed by atoms with Gasteiger partial charge in [-0.1, -0.05) is 59.6 Å². The number of fused-ring (bicyclic) bond motifs is 1. The Hall–Kier alpha value is -2.89. The number of nitrogens with zero attached hydrogens (tertiary/aromatic N) is 2. The van der Waals surface area contributed by atoms with Crippen LogP contribution in [0.1, 0.15) is 12.8 Å². The Kier molecular flexibility index (Phi) is 7.40. The molecule has 0 bridgehead atoms. The molecule has 0 atom stereocenters. The van der Waals surface area contributed by atoms with E-state index in [0.29, 0.717) is 53.5 Å². The first-order valence-electron chi connectivity index (χ1n) is 10.6. The molecule has 0 aliphatic heterocycles. The molecule has 0 fully saturated rings. The number of nitrogens with one attached hydrogen (secondary N) is 1. The second kappa shape index (κ2) is 10.6. The van der Waals surface area contributed by atoms with E-state index >= 15 is 0 Å². The highest BCUT2D eigenvalue weighted by molar-refractivity contribution is 6.32. The normalized spacial score (nSPS) is 11.1. The minimum absolute atomic E-state index is 0.474. The van der Waals surface area contributed by atoms with E-state index in [1.165, 1.54) is 0 Å². The van der Waals surface area contributed by atoms with Gasteiger partial charge in [-0.05, 0) is 49.2 Å². The lowest BCUT2D eigenvalue weighted by Gasteiger charge is -2.09. The molecular weight excluding hydrogens is 445 g/mol. The summed E-state index contributed by atoms with van der Waals surface area (Å²) in [7, 11) is 0. The molecule has 0 spiro atoms. The topological polar surface area (TPSA) is 52.2 Å². The standard InChI is InChI=1S/C25H25Cl2N3O2/c26-19-9-1-5-13-23(19)31-17-7-15-29-21-11-3-4-12-22(21)30(25(29)28)16-8-18-32-24-14-6-2-10-20(24)27/h1-6,9-14,28H,7-8,15-18H2. The van der Waals surface area contributed by atoms with Crippen LogP contribution in [0.5, 0.6) is 11.5 Å². The van der Waals surface area contributed by atoms with Gasteiger partial charge in [-0.25, -0.2) is 0 Å². The first kappa shape index (κ1) is 22.3. The van der Waals surface area contributed by atoms with Crippen LogP contribution in [0.3, 0.4) is 0 Å². The summed E-state index contributed by atoms with van der Waals surface area (Å²) >= 11 is 12.3. The Morgan fingerprint density at radius 3 is 1.47 bits per heavy atom. The highest BCUT2D eigenvalue weighted by Gasteiger charge is 2.11. The maximum atomic E-state index is 8.74. The summed E-state index contributed by atoms with van der Waals surface area (Å²) in [6.45, 7) is 2.43. The molecule has 0 aliphatic carbocycles. The third-order valence-electron chi connectivity index (χ3n) is 5.22. The van der Waals surface area contributed by atoms with Crippen LogP contribution in [0.4, 0.5) is 0 Å². The zero-order valence-electron chi connectivity index (χ0n) is 17.6. The Bertz CT molecular complexity index is 1160. The van der Waals surface area contributed by atoms with E-state index in [-0.39, 0.29) is 0 Å². The van der Waals surface area contributed by atoms with Gasteiger partial charge in [0.15, 0.2) is 0 Å². The minimum Gasteiger partial charge on any atom is -0.492 e. The number of hydrogen-bond acceptors (Lipinski definition) is 3. The number of aryl methyl sites for hydroxylation is 2. The molecule has 0 saturated heterocycles. The van der Waals surface area contributed by atoms with Crippen molar-refractivity contribution in [3.05, 3.63) is 88.5 Å². The molecule has 1 N–H and O–H groups in total. The molecule has 4 rings (SSSR count). The van der Waals surface area contributed by atoms with E-state index in [9.17, 15) is 0 Å². The molecule has 0 radical (unpaired) electrons. The van der Waals surface area contributed by atoms with Crippen molar-refractivity contribution in [2.45, 2.75) is 25.9 Å². The number of para-hydroxylation sites is 4. The highest BCUT2D eigenvalue weighted by atomic mass is 35.5. The van der Waals surface area contributed by atoms with Crippen molar-refractivity contribution in [1.29, 1.82) is 5.41 Å². The SMILES string of the molecule is N=c1n(CCCOc2ccccc2Cl)c2ccccc2n1CCCOc1ccccc1Cl. The lowest BCUT2D eigenvalue weighted by molar-refractivity contribution is 0.297. The molecule has 0 unspecified atom stereocenters. The minimum atomic E-state index is 0.474. The van der Waals surface area contributed by atoms with Crippen molar-refractivity contribution in [1.82, 2.24) is 9.13 Å². The molecule has 1 aromatic heterocycles. The second-order valence-corrected chi connectivity index (χ2v) is 8.19. The summed E-state index contributed by atoms with van der Waals surface area (Å²) < 4.78 is 15.7. The fourth-order valence-corrected chi connectivity index (χ4v) is 4.06. The first-order valence-corrected chi connectivity index (χ1v) is 11.4. The Morgan fingerprint density at radius 2 is 1.03 bits per heavy atom. The average Bonchev–Trinajstić information content (AvgIpc) is 3.07. The highest BCUT2D eigenvalue weighted by Crippen LogP contribution is 2.24. The summed E-state index contributed by atoms with van der Waals surface area (Å²) in [5, 5.41) is 9.96. The van der Waals surface area contributed by atoms with E-state index < -0.39 is 0 Å². The van der Waals surface area contributed by atoms with Crippen LogP contribution in [-0.4, -0.2) is 22.3 Å². The molecule has 3 aromatic carbocycles. The van der Waals surface area contributed by atoms with E-state index in [1.807, 2.05) is 69.8 Å². The van der Waals surface area contributed by atoms with Gasteiger partial charge < -0.3 is 18.6 Å². The van der Waals surface area contributed by atoms with Gasteiger partial charge in [-0.2, -0.15) is 0 Å². The molecule has 1 heterocycles. The van der Waals surface area contributed by atoms with Crippen molar-refractivity contribution in [2.75, 3.05) is 13.2 Å². The zero-order valence-corrected chi connectivity index (χ0v) is 19.1. The molecule has 32 heavy (non-hydrogen) atoms. The van der Waals surface area contributed by atoms with Gasteiger partial charge in [0.05, 0.1) is 34.3 Å². The van der Waals surface area contributed by atoms with Crippen LogP contribution in [0.15, 0.2) is 72.8 Å². The molecule has 5 nitrogen and oxygen atoms in total. The summed E-state index contributed by atoms with van der Waals surface area (Å²) in [5.41, 5.74) is 2.56. The van der Waals surface area contributed by atoms with Crippen molar-refractivity contribution >= 4 is 34.2 Å². The smallest absolute Gasteiger partial charge is 0.202 e. The second-order valence-electron chi connectivity index (χ2n) is 7.38. The Morgan fingerprint density at radius 1 is 0.625 bits per heavy atom. The molecule has 0 aliphatic rings. The number of ether oxygens (including phenoxy) is 2. The Balaban J connectivity index is 1.39. The fourth-order valence-electron chi connectivity index (χ4n) is 3.68. The molecule has 7 heteroatoms. The van der Waals surface area contributed by atoms with Gasteiger partial charge in [0.2, 0.25) is 5.62 Å². The van der Waals surface area contributed by atoms with E-state index in [4.69, 9.17) is 38.1 Å². The summed E-state index contributed by atoms with van der Waals surface area (Å²) in [5.74, 6) is 1.37. The van der Waals surface area contributed by atoms with Gasteiger partial charge in [0.1, 0.15) is 11.5 Å². The summed E-state index contributed by atoms with van der Waals surface area (Å²) in [6, 6.07) is 23.0. The summed E-state index contributed by atoms with van der Waals surface area (Å²) in [6.07, 6.45) is 1.54. The maximum Gasteiger partial charge on any atom is 0.202 e. The lowest BCUT2D eigenvalue weighted by atomic mass is 10.3. The number of benzene rings is 3. The van der Waals surface area contributed by atoms with Gasteiger partial charge in [-0.3, -0.25) is 5.41 Å². The fraction of sp³-hybridized carbons (Fsp3) is 0.240. The number of halogens is 2. The van der Waals surface area contributed by atoms with Crippen LogP contribution in [-0.2, 0) is 13.1 Å². The van der Waals surface area contributed by atoms with Crippen LogP contribution in [0.25, 0.3) is 11.0 Å². The summed E-state index contributed by atoms with van der Waals surface area (Å²) in [4.78, 5) is 0. The van der Waals surface area contributed by atoms with Crippen LogP contribution in [0.2, 0.25) is 10.0 Å². The monoisotopic (exact) mass is 469 g/mol. The predicted molar refractivity (Wildman–Crippen MR) is 129 cm³/mol. The van der Waals surface area contributed by atoms with Crippen LogP contribution < -0.4 is 15.1 Å². The molecule has 166 valence electrons. The van der Waals surface area contributed by atoms with E-state index in [0.717, 1.165) is 23.9 Å². The largest absolute Gasteiger partial charge is 0.492 e. The van der Waals surface area contributed by atoms with Crippen molar-refractivity contribution in [2.24, 2.45) is 0 Å². The maximum absolute atomic E-state index is 8.74. The van der Waals surface area contributed by atoms with Crippen molar-refractivity contribution in [3.8, 4) is 11.5 Å². The number of aromatic nitrogens is 2. The van der Waals surface area contributed by atoms with Gasteiger partial charge in [0.25, 0.3) is 0 Å². The molecule has 0 saturated carbocycles. The van der Waals surface area contributed by atoms with E-state index in [2.05, 4.69) is 12.1 Å². The average molecular weight is 470 g/mol. The van der Waals surface area contributed by atoms with Gasteiger partial charge in [-0.15, -0.1) is 0 Å². The molecular formula is C25H25Cl2N3O2. The van der Waals surface area contributed by atoms with E-state index in [1.54, 1.807) is 0 Å². The van der Waals surface area contributed by atoms with Gasteiger partial charge >= 0.3 is 0 Å². The zero-order chi connectivity index (χ0) is 22.3. The number of hydrogen-bond donors (Lipinski definition) is 1. The van der Waals surface area contributed by atoms with Crippen molar-refractivity contribution < 1.29 is 9.47 Å². The van der Waals surface area contributed by atoms with Crippen molar-refractivity contribution in [3.63, 3.8) is 0 Å². The lowest BCUT2D eigenvalue weighted by Crippen LogP contribution is -2.26. The number of imidazole rings is 1. The predicted octanol–water partition coefficient (Wildman–Crippen LogP) is 6.17. The quantitative estimate of drug-likeness (QED) is 0.282. The third kappa shape index (κ3) is 5.12. The van der Waals surface area contributed by atoms with Crippen LogP contribution in [0, 0.1) is 5.41 Å². The molecule has 0 amide bonds. The van der Waals surface area contributed by atoms with Gasteiger partial charge in [0, 0.05) is 13.1 Å². The third-order valence-corrected chi connectivity index (χ3v) is 5.84. The first-order chi connectivity index (χ1) is 15.6.